The SMILES string of the molecule is CC(C)Oc1ccc([C@@](Cc2ccccc2)(N[S@](=O)C(C)(C)C)c2cc(F)cc(OC(C)(F)F)c2)cc1F.CC(C)Oc1ccc([C@](N)(Cc2ccccc2)c2cc(F)cc(OC(C)(F)F)c2)cc1F.CO.F.F. The third-order valence-electron chi connectivity index (χ3n) is 10.4. The smallest absolute Gasteiger partial charge is 0.394 e. The van der Waals surface area contributed by atoms with Crippen LogP contribution in [0.1, 0.15) is 95.7 Å². The second kappa shape index (κ2) is 26.9. The van der Waals surface area contributed by atoms with Crippen LogP contribution in [0, 0.1) is 23.3 Å². The first-order chi connectivity index (χ1) is 33.5. The zero-order valence-electron chi connectivity index (χ0n) is 42.6. The minimum atomic E-state index is -3.57. The quantitative estimate of drug-likeness (QED) is 0.0735. The third kappa shape index (κ3) is 18.3. The standard InChI is InChI=1S/C29H33F4NO3S.C25H25F4NO2.CH4O.2FH/c1-19(2)36-26-13-12-21(16-25(26)31)29(34-38(35)27(3,4)5,18-20-10-8-7-9-11-20)22-14-23(30)17-24(15-22)37-28(6,32)33;1-16(2)31-23-10-9-18(13-22(23)27)25(30,15-17-7-5-4-6-8-17)19-11-20(26)14-21(12-19)32-24(3,28)29;1-2;;/h7-17,19,34H,18H2,1-6H3;4-14,16H,15,30H2,1-3H3;2H,1H3;2*1H/t29-,38-;25-;;;/m11.../s1. The number of alkyl halides is 4. The van der Waals surface area contributed by atoms with E-state index in [9.17, 15) is 34.9 Å². The molecule has 0 amide bonds. The van der Waals surface area contributed by atoms with E-state index < -0.39 is 68.0 Å². The molecule has 6 rings (SSSR count). The first-order valence-corrected chi connectivity index (χ1v) is 23.9. The Hall–Kier alpha value is -6.15. The minimum absolute atomic E-state index is 0. The molecular formula is C55H64F10N2O6S. The van der Waals surface area contributed by atoms with Crippen molar-refractivity contribution in [3.63, 3.8) is 0 Å². The van der Waals surface area contributed by atoms with Gasteiger partial charge in [-0.25, -0.2) is 26.5 Å². The molecule has 19 heteroatoms. The molecule has 0 unspecified atom stereocenters. The molecule has 0 bridgehead atoms. The van der Waals surface area contributed by atoms with Gasteiger partial charge in [0.1, 0.15) is 23.1 Å². The van der Waals surface area contributed by atoms with E-state index in [4.69, 9.17) is 25.1 Å². The number of aliphatic hydroxyl groups is 1. The lowest BCUT2D eigenvalue weighted by Gasteiger charge is -2.38. The van der Waals surface area contributed by atoms with Gasteiger partial charge in [0.25, 0.3) is 0 Å². The molecule has 406 valence electrons. The number of halogens is 10. The normalized spacial score (nSPS) is 13.5. The fraction of sp³-hybridized carbons (Fsp3) is 0.345. The number of aliphatic hydroxyl groups excluding tert-OH is 1. The molecule has 6 aromatic carbocycles. The number of hydrogen-bond acceptors (Lipinski definition) is 7. The van der Waals surface area contributed by atoms with Crippen LogP contribution in [0.5, 0.6) is 23.0 Å². The van der Waals surface area contributed by atoms with Crippen LogP contribution in [-0.2, 0) is 34.9 Å². The molecule has 0 aliphatic carbocycles. The molecule has 6 aromatic rings. The molecule has 4 N–H and O–H groups in total. The fourth-order valence-corrected chi connectivity index (χ4v) is 8.36. The van der Waals surface area contributed by atoms with E-state index in [0.717, 1.165) is 42.5 Å². The molecule has 3 atom stereocenters. The molecular weight excluding hydrogens is 1010 g/mol. The predicted molar refractivity (Wildman–Crippen MR) is 270 cm³/mol. The van der Waals surface area contributed by atoms with Gasteiger partial charge in [-0.3, -0.25) is 9.41 Å². The highest BCUT2D eigenvalue weighted by atomic mass is 32.2. The minimum Gasteiger partial charge on any atom is -0.488 e. The molecule has 0 fully saturated rings. The molecule has 74 heavy (non-hydrogen) atoms. The number of nitrogens with two attached hydrogens (primary N) is 1. The van der Waals surface area contributed by atoms with Crippen molar-refractivity contribution in [2.75, 3.05) is 7.11 Å². The van der Waals surface area contributed by atoms with E-state index in [0.29, 0.717) is 25.0 Å². The second-order valence-corrected chi connectivity index (χ2v) is 20.4. The van der Waals surface area contributed by atoms with Crippen LogP contribution in [0.15, 0.2) is 133 Å². The van der Waals surface area contributed by atoms with Gasteiger partial charge in [-0.1, -0.05) is 72.8 Å². The molecule has 0 spiro atoms. The van der Waals surface area contributed by atoms with Gasteiger partial charge in [-0.15, -0.1) is 0 Å². The fourth-order valence-electron chi connectivity index (χ4n) is 7.43. The van der Waals surface area contributed by atoms with Gasteiger partial charge < -0.3 is 29.8 Å². The van der Waals surface area contributed by atoms with Crippen LogP contribution in [0.25, 0.3) is 0 Å². The van der Waals surface area contributed by atoms with Crippen LogP contribution in [0.3, 0.4) is 0 Å². The summed E-state index contributed by atoms with van der Waals surface area (Å²) in [5, 5.41) is 7.00. The van der Waals surface area contributed by atoms with Crippen molar-refractivity contribution in [3.8, 4) is 23.0 Å². The summed E-state index contributed by atoms with van der Waals surface area (Å²) in [5.41, 5.74) is 6.29. The summed E-state index contributed by atoms with van der Waals surface area (Å²) < 4.78 is 150. The maximum Gasteiger partial charge on any atom is 0.394 e. The predicted octanol–water partition coefficient (Wildman–Crippen LogP) is 13.4. The van der Waals surface area contributed by atoms with E-state index in [1.165, 1.54) is 36.4 Å². The average Bonchev–Trinajstić information content (AvgIpc) is 3.27. The molecule has 0 aromatic heterocycles. The van der Waals surface area contributed by atoms with Crippen molar-refractivity contribution < 1.29 is 72.8 Å². The lowest BCUT2D eigenvalue weighted by Crippen LogP contribution is -2.50. The van der Waals surface area contributed by atoms with E-state index >= 15 is 4.39 Å². The largest absolute Gasteiger partial charge is 0.488 e. The van der Waals surface area contributed by atoms with Crippen molar-refractivity contribution in [2.24, 2.45) is 5.73 Å². The van der Waals surface area contributed by atoms with E-state index in [1.807, 2.05) is 48.5 Å². The first kappa shape index (κ1) is 64.0. The van der Waals surface area contributed by atoms with Crippen LogP contribution in [-0.4, -0.2) is 45.6 Å². The Balaban J connectivity index is 0.000000484. The van der Waals surface area contributed by atoms with Gasteiger partial charge in [0.05, 0.1) is 39.0 Å². The summed E-state index contributed by atoms with van der Waals surface area (Å²) in [6.07, 6.45) is -7.36. The number of benzene rings is 6. The maximum atomic E-state index is 15.3. The number of hydrogen-bond donors (Lipinski definition) is 3. The highest BCUT2D eigenvalue weighted by Gasteiger charge is 2.41. The van der Waals surface area contributed by atoms with Crippen LogP contribution in [0.2, 0.25) is 0 Å². The number of rotatable bonds is 18. The second-order valence-electron chi connectivity index (χ2n) is 18.5. The van der Waals surface area contributed by atoms with Gasteiger partial charge in [-0.05, 0) is 143 Å². The van der Waals surface area contributed by atoms with Crippen molar-refractivity contribution in [1.82, 2.24) is 4.72 Å². The monoisotopic (exact) mass is 1070 g/mol. The Morgan fingerprint density at radius 1 is 0.541 bits per heavy atom. The Bertz CT molecular complexity index is 2720. The summed E-state index contributed by atoms with van der Waals surface area (Å²) in [4.78, 5) is 0. The summed E-state index contributed by atoms with van der Waals surface area (Å²) in [6.45, 7) is 13.4. The van der Waals surface area contributed by atoms with Gasteiger partial charge in [0.2, 0.25) is 0 Å². The zero-order chi connectivity index (χ0) is 53.8. The molecule has 0 aliphatic rings. The molecule has 0 heterocycles. The summed E-state index contributed by atoms with van der Waals surface area (Å²) in [6, 6.07) is 33.2. The lowest BCUT2D eigenvalue weighted by molar-refractivity contribution is -0.160. The molecule has 0 radical (unpaired) electrons. The molecule has 8 nitrogen and oxygen atoms in total. The maximum absolute atomic E-state index is 15.3. The van der Waals surface area contributed by atoms with E-state index in [1.54, 1.807) is 72.7 Å². The van der Waals surface area contributed by atoms with Gasteiger partial charge >= 0.3 is 12.2 Å². The third-order valence-corrected chi connectivity index (χ3v) is 12.0. The topological polar surface area (TPSA) is 112 Å². The highest BCUT2D eigenvalue weighted by molar-refractivity contribution is 7.84. The van der Waals surface area contributed by atoms with Crippen LogP contribution in [0.4, 0.5) is 44.5 Å². The van der Waals surface area contributed by atoms with Gasteiger partial charge in [0, 0.05) is 33.1 Å². The van der Waals surface area contributed by atoms with Gasteiger partial charge in [-0.2, -0.15) is 17.6 Å². The Morgan fingerprint density at radius 3 is 1.34 bits per heavy atom. The molecule has 0 saturated carbocycles. The summed E-state index contributed by atoms with van der Waals surface area (Å²) in [5.74, 6) is -3.68. The van der Waals surface area contributed by atoms with E-state index in [2.05, 4.69) is 9.46 Å². The number of ether oxygens (including phenoxy) is 4. The molecule has 0 aliphatic heterocycles. The van der Waals surface area contributed by atoms with E-state index in [-0.39, 0.29) is 62.8 Å². The van der Waals surface area contributed by atoms with Crippen molar-refractivity contribution >= 4 is 11.0 Å². The van der Waals surface area contributed by atoms with Crippen molar-refractivity contribution in [1.29, 1.82) is 0 Å². The van der Waals surface area contributed by atoms with Crippen LogP contribution >= 0.6 is 0 Å². The van der Waals surface area contributed by atoms with Crippen molar-refractivity contribution in [3.05, 3.63) is 190 Å². The Morgan fingerprint density at radius 2 is 0.932 bits per heavy atom. The highest BCUT2D eigenvalue weighted by Crippen LogP contribution is 2.40. The Labute approximate surface area is 428 Å². The zero-order valence-corrected chi connectivity index (χ0v) is 43.4. The summed E-state index contributed by atoms with van der Waals surface area (Å²) in [7, 11) is -0.750. The lowest BCUT2D eigenvalue weighted by atomic mass is 9.78. The first-order valence-electron chi connectivity index (χ1n) is 22.8. The summed E-state index contributed by atoms with van der Waals surface area (Å²) >= 11 is 0. The van der Waals surface area contributed by atoms with Gasteiger partial charge in [0.15, 0.2) is 23.1 Å². The number of nitrogens with one attached hydrogen (secondary N) is 1. The van der Waals surface area contributed by atoms with Crippen molar-refractivity contribution in [2.45, 2.75) is 115 Å². The Kier molecular flexibility index (Phi) is 23.2. The molecule has 0 saturated heterocycles. The van der Waals surface area contributed by atoms with Crippen LogP contribution < -0.4 is 29.4 Å². The average molecular weight is 1070 g/mol.